The Hall–Kier alpha value is -0.840. The monoisotopic (exact) mass is 304 g/mol. The zero-order valence-corrected chi connectivity index (χ0v) is 12.5. The third kappa shape index (κ3) is 2.71. The fourth-order valence-electron chi connectivity index (χ4n) is 2.17. The van der Waals surface area contributed by atoms with Crippen molar-refractivity contribution in [2.45, 2.75) is 25.3 Å². The largest absolute Gasteiger partial charge is 0.383 e. The molecule has 0 fully saturated rings. The molecule has 2 rings (SSSR count). The van der Waals surface area contributed by atoms with E-state index in [1.807, 2.05) is 18.4 Å². The Bertz CT molecular complexity index is 598. The summed E-state index contributed by atoms with van der Waals surface area (Å²) >= 11 is 12.0. The molecule has 6 heteroatoms. The molecule has 2 aromatic rings. The van der Waals surface area contributed by atoms with Gasteiger partial charge in [-0.1, -0.05) is 11.6 Å². The van der Waals surface area contributed by atoms with Gasteiger partial charge in [0.1, 0.15) is 11.6 Å². The van der Waals surface area contributed by atoms with Gasteiger partial charge in [-0.05, 0) is 19.9 Å². The number of hydrogen-bond acceptors (Lipinski definition) is 2. The molecule has 0 saturated carbocycles. The van der Waals surface area contributed by atoms with Crippen LogP contribution in [-0.2, 0) is 4.74 Å². The van der Waals surface area contributed by atoms with Gasteiger partial charge in [0.2, 0.25) is 0 Å². The number of halogens is 3. The molecule has 3 nitrogen and oxygen atoms in total. The van der Waals surface area contributed by atoms with Gasteiger partial charge in [0, 0.05) is 13.2 Å². The third-order valence-corrected chi connectivity index (χ3v) is 3.45. The molecule has 2 unspecified atom stereocenters. The topological polar surface area (TPSA) is 27.1 Å². The van der Waals surface area contributed by atoms with Gasteiger partial charge in [-0.25, -0.2) is 9.37 Å². The maximum Gasteiger partial charge on any atom is 0.144 e. The van der Waals surface area contributed by atoms with E-state index in [2.05, 4.69) is 4.98 Å². The molecule has 0 aliphatic rings. The molecule has 0 spiro atoms. The van der Waals surface area contributed by atoms with Gasteiger partial charge < -0.3 is 9.30 Å². The van der Waals surface area contributed by atoms with Crippen molar-refractivity contribution in [3.63, 3.8) is 0 Å². The second-order valence-electron chi connectivity index (χ2n) is 4.52. The van der Waals surface area contributed by atoms with Crippen LogP contribution in [0.4, 0.5) is 4.39 Å². The molecule has 104 valence electrons. The van der Waals surface area contributed by atoms with Crippen molar-refractivity contribution in [1.29, 1.82) is 0 Å². The van der Waals surface area contributed by atoms with Crippen LogP contribution in [0.2, 0.25) is 5.02 Å². The minimum absolute atomic E-state index is 0.0349. The van der Waals surface area contributed by atoms with E-state index in [4.69, 9.17) is 27.9 Å². The van der Waals surface area contributed by atoms with Crippen LogP contribution in [0.3, 0.4) is 0 Å². The zero-order chi connectivity index (χ0) is 14.2. The number of ether oxygens (including phenoxy) is 1. The summed E-state index contributed by atoms with van der Waals surface area (Å²) in [5.74, 6) is 0.204. The average molecular weight is 305 g/mol. The highest BCUT2D eigenvalue weighted by atomic mass is 35.5. The number of aromatic nitrogens is 2. The number of imidazole rings is 1. The summed E-state index contributed by atoms with van der Waals surface area (Å²) in [6.45, 7) is 4.33. The standard InChI is InChI=1S/C13H15Cl2FN2O/c1-7(6-19-3)18-12-4-9(15)10(16)5-11(12)17-13(18)8(2)14/h4-5,7-8H,6H2,1-3H3. The molecule has 0 radical (unpaired) electrons. The molecule has 0 N–H and O–H groups in total. The van der Waals surface area contributed by atoms with E-state index < -0.39 is 5.82 Å². The maximum absolute atomic E-state index is 13.5. The first-order valence-corrected chi connectivity index (χ1v) is 6.77. The highest BCUT2D eigenvalue weighted by Crippen LogP contribution is 2.30. The van der Waals surface area contributed by atoms with Crippen molar-refractivity contribution in [3.8, 4) is 0 Å². The second-order valence-corrected chi connectivity index (χ2v) is 5.58. The summed E-state index contributed by atoms with van der Waals surface area (Å²) in [7, 11) is 1.63. The fourth-order valence-corrected chi connectivity index (χ4v) is 2.48. The molecular formula is C13H15Cl2FN2O. The van der Waals surface area contributed by atoms with E-state index >= 15 is 0 Å². The summed E-state index contributed by atoms with van der Waals surface area (Å²) < 4.78 is 20.6. The molecule has 0 aliphatic carbocycles. The lowest BCUT2D eigenvalue weighted by Gasteiger charge is -2.17. The SMILES string of the molecule is COCC(C)n1c(C(C)Cl)nc2cc(F)c(Cl)cc21. The van der Waals surface area contributed by atoms with E-state index in [1.54, 1.807) is 13.2 Å². The molecule has 0 aliphatic heterocycles. The van der Waals surface area contributed by atoms with Crippen molar-refractivity contribution in [2.24, 2.45) is 0 Å². The second kappa shape index (κ2) is 5.65. The van der Waals surface area contributed by atoms with Crippen LogP contribution in [0.1, 0.15) is 31.1 Å². The average Bonchev–Trinajstić information content (AvgIpc) is 2.69. The van der Waals surface area contributed by atoms with E-state index in [-0.39, 0.29) is 16.4 Å². The van der Waals surface area contributed by atoms with Crippen LogP contribution in [0.25, 0.3) is 11.0 Å². The predicted molar refractivity (Wildman–Crippen MR) is 75.6 cm³/mol. The Morgan fingerprint density at radius 2 is 2.11 bits per heavy atom. The van der Waals surface area contributed by atoms with Crippen molar-refractivity contribution in [3.05, 3.63) is 28.8 Å². The Kier molecular flexibility index (Phi) is 4.33. The molecule has 2 atom stereocenters. The van der Waals surface area contributed by atoms with Gasteiger partial charge in [0.05, 0.1) is 34.1 Å². The Labute approximate surface area is 121 Å². The molecular weight excluding hydrogens is 290 g/mol. The number of rotatable bonds is 4. The van der Waals surface area contributed by atoms with E-state index in [9.17, 15) is 4.39 Å². The van der Waals surface area contributed by atoms with Crippen LogP contribution in [0, 0.1) is 5.82 Å². The molecule has 19 heavy (non-hydrogen) atoms. The normalized spacial score (nSPS) is 14.8. The number of fused-ring (bicyclic) bond motifs is 1. The lowest BCUT2D eigenvalue weighted by atomic mass is 10.2. The van der Waals surface area contributed by atoms with Crippen LogP contribution in [0.5, 0.6) is 0 Å². The van der Waals surface area contributed by atoms with Crippen LogP contribution >= 0.6 is 23.2 Å². The van der Waals surface area contributed by atoms with Gasteiger partial charge in [0.15, 0.2) is 0 Å². The zero-order valence-electron chi connectivity index (χ0n) is 11.0. The van der Waals surface area contributed by atoms with E-state index in [0.717, 1.165) is 5.52 Å². The summed E-state index contributed by atoms with van der Waals surface area (Å²) in [6, 6.07) is 2.94. The first-order chi connectivity index (χ1) is 8.95. The Balaban J connectivity index is 2.69. The van der Waals surface area contributed by atoms with Crippen molar-refractivity contribution < 1.29 is 9.13 Å². The summed E-state index contributed by atoms with van der Waals surface area (Å²) in [5.41, 5.74) is 1.31. The molecule has 0 saturated heterocycles. The Morgan fingerprint density at radius 1 is 1.42 bits per heavy atom. The molecule has 0 amide bonds. The highest BCUT2D eigenvalue weighted by Gasteiger charge is 2.20. The number of alkyl halides is 1. The molecule has 1 aromatic heterocycles. The molecule has 1 heterocycles. The van der Waals surface area contributed by atoms with Crippen molar-refractivity contribution >= 4 is 34.2 Å². The van der Waals surface area contributed by atoms with Gasteiger partial charge in [-0.2, -0.15) is 0 Å². The summed E-state index contributed by atoms with van der Waals surface area (Å²) in [6.07, 6.45) is 0. The van der Waals surface area contributed by atoms with Gasteiger partial charge in [-0.15, -0.1) is 11.6 Å². The van der Waals surface area contributed by atoms with Gasteiger partial charge >= 0.3 is 0 Å². The number of hydrogen-bond donors (Lipinski definition) is 0. The maximum atomic E-state index is 13.5. The van der Waals surface area contributed by atoms with Crippen molar-refractivity contribution in [1.82, 2.24) is 9.55 Å². The molecule has 1 aromatic carbocycles. The quantitative estimate of drug-likeness (QED) is 0.786. The third-order valence-electron chi connectivity index (χ3n) is 2.96. The summed E-state index contributed by atoms with van der Waals surface area (Å²) in [5, 5.41) is -0.208. The van der Waals surface area contributed by atoms with Gasteiger partial charge in [0.25, 0.3) is 0 Å². The highest BCUT2D eigenvalue weighted by molar-refractivity contribution is 6.31. The Morgan fingerprint density at radius 3 is 2.68 bits per heavy atom. The van der Waals surface area contributed by atoms with Crippen LogP contribution in [-0.4, -0.2) is 23.3 Å². The number of benzene rings is 1. The predicted octanol–water partition coefficient (Wildman–Crippen LogP) is 4.34. The number of methoxy groups -OCH3 is 1. The van der Waals surface area contributed by atoms with Crippen LogP contribution < -0.4 is 0 Å². The lowest BCUT2D eigenvalue weighted by Crippen LogP contribution is -2.14. The number of nitrogens with zero attached hydrogens (tertiary/aromatic N) is 2. The first kappa shape index (κ1) is 14.6. The minimum Gasteiger partial charge on any atom is -0.383 e. The smallest absolute Gasteiger partial charge is 0.144 e. The molecule has 0 bridgehead atoms. The van der Waals surface area contributed by atoms with Gasteiger partial charge in [-0.3, -0.25) is 0 Å². The minimum atomic E-state index is -0.480. The van der Waals surface area contributed by atoms with E-state index in [1.165, 1.54) is 6.07 Å². The van der Waals surface area contributed by atoms with Crippen LogP contribution in [0.15, 0.2) is 12.1 Å². The van der Waals surface area contributed by atoms with E-state index in [0.29, 0.717) is 17.9 Å². The first-order valence-electron chi connectivity index (χ1n) is 5.95. The van der Waals surface area contributed by atoms with Crippen molar-refractivity contribution in [2.75, 3.05) is 13.7 Å². The fraction of sp³-hybridized carbons (Fsp3) is 0.462. The summed E-state index contributed by atoms with van der Waals surface area (Å²) in [4.78, 5) is 4.39. The lowest BCUT2D eigenvalue weighted by molar-refractivity contribution is 0.162.